The van der Waals surface area contributed by atoms with Crippen LogP contribution >= 0.6 is 39.1 Å². The number of alkyl halides is 1. The van der Waals surface area contributed by atoms with E-state index in [0.717, 1.165) is 18.4 Å². The molecule has 0 aliphatic heterocycles. The van der Waals surface area contributed by atoms with Crippen molar-refractivity contribution in [3.05, 3.63) is 33.8 Å². The molecule has 1 aromatic carbocycles. The Balaban J connectivity index is 2.08. The fourth-order valence-corrected chi connectivity index (χ4v) is 2.53. The van der Waals surface area contributed by atoms with E-state index in [1.807, 2.05) is 17.0 Å². The second-order valence-corrected chi connectivity index (χ2v) is 6.05. The molecule has 0 saturated heterocycles. The molecule has 0 unspecified atom stereocenters. The fourth-order valence-electron chi connectivity index (χ4n) is 1.87. The van der Waals surface area contributed by atoms with Gasteiger partial charge in [-0.2, -0.15) is 0 Å². The van der Waals surface area contributed by atoms with Gasteiger partial charge >= 0.3 is 0 Å². The number of hydrogen-bond acceptors (Lipinski definition) is 1. The number of nitrogens with zero attached hydrogens (tertiary/aromatic N) is 1. The van der Waals surface area contributed by atoms with Crippen molar-refractivity contribution in [2.75, 3.05) is 5.33 Å². The molecule has 0 spiro atoms. The molecule has 1 saturated carbocycles. The highest BCUT2D eigenvalue weighted by Crippen LogP contribution is 2.30. The monoisotopic (exact) mass is 349 g/mol. The third kappa shape index (κ3) is 3.62. The zero-order valence-corrected chi connectivity index (χ0v) is 12.9. The summed E-state index contributed by atoms with van der Waals surface area (Å²) in [5.41, 5.74) is 1.03. The maximum absolute atomic E-state index is 12.0. The van der Waals surface area contributed by atoms with Crippen LogP contribution in [0, 0.1) is 0 Å². The highest BCUT2D eigenvalue weighted by atomic mass is 79.9. The number of rotatable bonds is 5. The van der Waals surface area contributed by atoms with E-state index in [1.54, 1.807) is 6.07 Å². The quantitative estimate of drug-likeness (QED) is 0.726. The number of carbonyl (C=O) groups excluding carboxylic acids is 1. The van der Waals surface area contributed by atoms with Gasteiger partial charge in [0.05, 0.1) is 10.0 Å². The molecular weight excluding hydrogens is 337 g/mol. The Kier molecular flexibility index (Phi) is 4.93. The zero-order valence-electron chi connectivity index (χ0n) is 9.83. The molecule has 2 nitrogen and oxygen atoms in total. The molecule has 0 aromatic heterocycles. The first-order valence-corrected chi connectivity index (χ1v) is 7.79. The van der Waals surface area contributed by atoms with Gasteiger partial charge in [-0.15, -0.1) is 0 Å². The highest BCUT2D eigenvalue weighted by Gasteiger charge is 2.32. The van der Waals surface area contributed by atoms with E-state index in [1.165, 1.54) is 0 Å². The average molecular weight is 351 g/mol. The van der Waals surface area contributed by atoms with Crippen LogP contribution in [0.4, 0.5) is 0 Å². The topological polar surface area (TPSA) is 20.3 Å². The lowest BCUT2D eigenvalue weighted by Crippen LogP contribution is -2.32. The fraction of sp³-hybridized carbons (Fsp3) is 0.462. The molecule has 0 radical (unpaired) electrons. The van der Waals surface area contributed by atoms with Crippen molar-refractivity contribution in [1.29, 1.82) is 0 Å². The molecule has 1 aliphatic carbocycles. The Hall–Kier alpha value is -0.250. The highest BCUT2D eigenvalue weighted by molar-refractivity contribution is 9.09. The van der Waals surface area contributed by atoms with Gasteiger partial charge < -0.3 is 4.90 Å². The summed E-state index contributed by atoms with van der Waals surface area (Å²) in [6, 6.07) is 5.94. The zero-order chi connectivity index (χ0) is 13.1. The number of benzene rings is 1. The van der Waals surface area contributed by atoms with Gasteiger partial charge in [-0.25, -0.2) is 0 Å². The second-order valence-electron chi connectivity index (χ2n) is 4.44. The summed E-state index contributed by atoms with van der Waals surface area (Å²) in [4.78, 5) is 14.0. The Labute approximate surface area is 125 Å². The molecule has 0 bridgehead atoms. The van der Waals surface area contributed by atoms with Crippen LogP contribution in [0.2, 0.25) is 10.0 Å². The van der Waals surface area contributed by atoms with Crippen LogP contribution in [-0.4, -0.2) is 22.2 Å². The summed E-state index contributed by atoms with van der Waals surface area (Å²) in [6.07, 6.45) is 2.75. The molecule has 98 valence electrons. The van der Waals surface area contributed by atoms with E-state index in [9.17, 15) is 4.79 Å². The number of halogens is 3. The molecule has 1 aromatic rings. The van der Waals surface area contributed by atoms with Gasteiger partial charge in [0, 0.05) is 24.3 Å². The molecule has 2 rings (SSSR count). The third-order valence-corrected chi connectivity index (χ3v) is 4.09. The summed E-state index contributed by atoms with van der Waals surface area (Å²) in [7, 11) is 0. The van der Waals surface area contributed by atoms with Crippen LogP contribution in [0.25, 0.3) is 0 Å². The summed E-state index contributed by atoms with van der Waals surface area (Å²) in [5, 5.41) is 1.79. The Morgan fingerprint density at radius 3 is 2.61 bits per heavy atom. The second kappa shape index (κ2) is 6.27. The van der Waals surface area contributed by atoms with Crippen molar-refractivity contribution in [2.24, 2.45) is 0 Å². The normalized spacial score (nSPS) is 14.6. The van der Waals surface area contributed by atoms with Gasteiger partial charge in [-0.1, -0.05) is 45.2 Å². The predicted octanol–water partition coefficient (Wildman–Crippen LogP) is 4.27. The molecule has 1 amide bonds. The van der Waals surface area contributed by atoms with Gasteiger partial charge in [-0.3, -0.25) is 4.79 Å². The first kappa shape index (κ1) is 14.2. The molecule has 0 atom stereocenters. The van der Waals surface area contributed by atoms with E-state index in [4.69, 9.17) is 23.2 Å². The third-order valence-electron chi connectivity index (χ3n) is 2.95. The minimum atomic E-state index is 0.195. The Bertz CT molecular complexity index is 449. The van der Waals surface area contributed by atoms with Crippen molar-refractivity contribution in [2.45, 2.75) is 31.8 Å². The predicted molar refractivity (Wildman–Crippen MR) is 78.4 cm³/mol. The van der Waals surface area contributed by atoms with Crippen molar-refractivity contribution < 1.29 is 4.79 Å². The summed E-state index contributed by atoms with van der Waals surface area (Å²) in [6.45, 7) is 0.618. The summed E-state index contributed by atoms with van der Waals surface area (Å²) >= 11 is 15.2. The molecule has 1 fully saturated rings. The van der Waals surface area contributed by atoms with E-state index in [-0.39, 0.29) is 5.91 Å². The van der Waals surface area contributed by atoms with Crippen molar-refractivity contribution in [3.8, 4) is 0 Å². The lowest BCUT2D eigenvalue weighted by atomic mass is 10.2. The molecule has 1 aliphatic rings. The summed E-state index contributed by atoms with van der Waals surface area (Å²) < 4.78 is 0. The van der Waals surface area contributed by atoms with E-state index >= 15 is 0 Å². The van der Waals surface area contributed by atoms with Gasteiger partial charge in [0.1, 0.15) is 0 Å². The van der Waals surface area contributed by atoms with Gasteiger partial charge in [0.15, 0.2) is 0 Å². The Morgan fingerprint density at radius 2 is 2.06 bits per heavy atom. The summed E-state index contributed by atoms with van der Waals surface area (Å²) in [5.74, 6) is 0.195. The van der Waals surface area contributed by atoms with E-state index < -0.39 is 0 Å². The van der Waals surface area contributed by atoms with Gasteiger partial charge in [-0.05, 0) is 30.5 Å². The van der Waals surface area contributed by atoms with Crippen LogP contribution < -0.4 is 0 Å². The van der Waals surface area contributed by atoms with Crippen molar-refractivity contribution >= 4 is 45.0 Å². The van der Waals surface area contributed by atoms with E-state index in [2.05, 4.69) is 15.9 Å². The smallest absolute Gasteiger partial charge is 0.223 e. The molecule has 18 heavy (non-hydrogen) atoms. The standard InChI is InChI=1S/C13H14BrCl2NO/c14-6-5-13(18)17(10-2-3-10)8-9-1-4-11(15)12(16)7-9/h1,4,7,10H,2-3,5-6,8H2. The van der Waals surface area contributed by atoms with Crippen molar-refractivity contribution in [1.82, 2.24) is 4.90 Å². The largest absolute Gasteiger partial charge is 0.335 e. The molecular formula is C13H14BrCl2NO. The Morgan fingerprint density at radius 1 is 1.33 bits per heavy atom. The first-order chi connectivity index (χ1) is 8.61. The SMILES string of the molecule is O=C(CCBr)N(Cc1ccc(Cl)c(Cl)c1)C1CC1. The van der Waals surface area contributed by atoms with Gasteiger partial charge in [0.2, 0.25) is 5.91 Å². The van der Waals surface area contributed by atoms with E-state index in [0.29, 0.717) is 34.4 Å². The maximum Gasteiger partial charge on any atom is 0.223 e. The minimum absolute atomic E-state index is 0.195. The lowest BCUT2D eigenvalue weighted by Gasteiger charge is -2.22. The van der Waals surface area contributed by atoms with Gasteiger partial charge in [0.25, 0.3) is 0 Å². The van der Waals surface area contributed by atoms with Crippen LogP contribution in [0.5, 0.6) is 0 Å². The van der Waals surface area contributed by atoms with Crippen molar-refractivity contribution in [3.63, 3.8) is 0 Å². The van der Waals surface area contributed by atoms with Crippen LogP contribution in [0.15, 0.2) is 18.2 Å². The van der Waals surface area contributed by atoms with Crippen LogP contribution in [0.1, 0.15) is 24.8 Å². The number of hydrogen-bond donors (Lipinski definition) is 0. The molecule has 0 heterocycles. The molecule has 0 N–H and O–H groups in total. The average Bonchev–Trinajstić information content (AvgIpc) is 3.15. The lowest BCUT2D eigenvalue weighted by molar-refractivity contribution is -0.131. The minimum Gasteiger partial charge on any atom is -0.335 e. The molecule has 5 heteroatoms. The number of amides is 1. The first-order valence-electron chi connectivity index (χ1n) is 5.91. The van der Waals surface area contributed by atoms with Crippen LogP contribution in [-0.2, 0) is 11.3 Å². The number of carbonyl (C=O) groups is 1. The van der Waals surface area contributed by atoms with Crippen LogP contribution in [0.3, 0.4) is 0 Å². The maximum atomic E-state index is 12.0.